The quantitative estimate of drug-likeness (QED) is 0.632. The summed E-state index contributed by atoms with van der Waals surface area (Å²) in [6, 6.07) is 13.1. The Balaban J connectivity index is 2.03. The van der Waals surface area contributed by atoms with Crippen LogP contribution in [0.5, 0.6) is 5.88 Å². The molecule has 8 heteroatoms. The van der Waals surface area contributed by atoms with E-state index in [0.717, 1.165) is 0 Å². The number of sulfone groups is 1. The molecule has 0 unspecified atom stereocenters. The van der Waals surface area contributed by atoms with E-state index in [-0.39, 0.29) is 22.1 Å². The molecule has 0 saturated heterocycles. The molecule has 0 spiro atoms. The second-order valence-electron chi connectivity index (χ2n) is 5.94. The van der Waals surface area contributed by atoms with Crippen LogP contribution in [0.3, 0.4) is 0 Å². The van der Waals surface area contributed by atoms with E-state index >= 15 is 0 Å². The first-order chi connectivity index (χ1) is 13.5. The summed E-state index contributed by atoms with van der Waals surface area (Å²) < 4.78 is 30.3. The van der Waals surface area contributed by atoms with Gasteiger partial charge in [0, 0.05) is 22.7 Å². The molecule has 0 saturated carbocycles. The second kappa shape index (κ2) is 8.37. The average Bonchev–Trinajstić information content (AvgIpc) is 2.68. The minimum atomic E-state index is -3.64. The molecule has 0 fully saturated rings. The van der Waals surface area contributed by atoms with Crippen molar-refractivity contribution in [3.63, 3.8) is 0 Å². The predicted molar refractivity (Wildman–Crippen MR) is 106 cm³/mol. The Morgan fingerprint density at radius 3 is 2.61 bits per heavy atom. The maximum absolute atomic E-state index is 12.8. The summed E-state index contributed by atoms with van der Waals surface area (Å²) >= 11 is 0. The van der Waals surface area contributed by atoms with Crippen molar-refractivity contribution in [3.8, 4) is 5.88 Å². The Bertz CT molecular complexity index is 1110. The van der Waals surface area contributed by atoms with E-state index in [9.17, 15) is 13.2 Å². The number of anilines is 1. The van der Waals surface area contributed by atoms with E-state index in [1.54, 1.807) is 49.4 Å². The number of nitrogens with one attached hydrogen (secondary N) is 1. The van der Waals surface area contributed by atoms with Crippen LogP contribution in [0, 0.1) is 0 Å². The lowest BCUT2D eigenvalue weighted by molar-refractivity contribution is 0.102. The Labute approximate surface area is 162 Å². The van der Waals surface area contributed by atoms with E-state index < -0.39 is 22.4 Å². The molecule has 0 aliphatic heterocycles. The van der Waals surface area contributed by atoms with E-state index in [2.05, 4.69) is 10.3 Å². The van der Waals surface area contributed by atoms with Gasteiger partial charge in [-0.1, -0.05) is 24.3 Å². The number of pyridine rings is 1. The monoisotopic (exact) mass is 400 g/mol. The Hall–Kier alpha value is -2.97. The standard InChI is InChI=1S/C20H20N2O5S/c1-2-27-20-16(8-5-11-21-20)19(24)22-17-9-3-7-15-14(17)6-4-10-18(15)28(25,26)13-12-23/h3-11,23H,2,12-13H2,1H3,(H,22,24). The van der Waals surface area contributed by atoms with Gasteiger partial charge in [-0.25, -0.2) is 13.4 Å². The Morgan fingerprint density at radius 2 is 1.86 bits per heavy atom. The highest BCUT2D eigenvalue weighted by Crippen LogP contribution is 2.30. The fourth-order valence-corrected chi connectivity index (χ4v) is 4.16. The number of rotatable bonds is 7. The van der Waals surface area contributed by atoms with Crippen LogP contribution in [0.1, 0.15) is 17.3 Å². The van der Waals surface area contributed by atoms with Crippen LogP contribution in [0.2, 0.25) is 0 Å². The van der Waals surface area contributed by atoms with Crippen LogP contribution in [0.4, 0.5) is 5.69 Å². The molecule has 28 heavy (non-hydrogen) atoms. The van der Waals surface area contributed by atoms with Gasteiger partial charge in [-0.05, 0) is 31.2 Å². The van der Waals surface area contributed by atoms with Crippen molar-refractivity contribution in [3.05, 3.63) is 60.3 Å². The molecule has 2 N–H and O–H groups in total. The van der Waals surface area contributed by atoms with Gasteiger partial charge >= 0.3 is 0 Å². The first kappa shape index (κ1) is 19.8. The number of carbonyl (C=O) groups is 1. The molecule has 0 radical (unpaired) electrons. The van der Waals surface area contributed by atoms with Crippen molar-refractivity contribution in [2.45, 2.75) is 11.8 Å². The number of hydrogen-bond donors (Lipinski definition) is 2. The molecule has 1 heterocycles. The fraction of sp³-hybridized carbons (Fsp3) is 0.200. The van der Waals surface area contributed by atoms with E-state index in [1.165, 1.54) is 12.3 Å². The number of fused-ring (bicyclic) bond motifs is 1. The topological polar surface area (TPSA) is 106 Å². The number of aliphatic hydroxyl groups is 1. The number of nitrogens with zero attached hydrogens (tertiary/aromatic N) is 1. The van der Waals surface area contributed by atoms with E-state index in [4.69, 9.17) is 9.84 Å². The lowest BCUT2D eigenvalue weighted by Gasteiger charge is -2.13. The Morgan fingerprint density at radius 1 is 1.11 bits per heavy atom. The molecule has 146 valence electrons. The SMILES string of the molecule is CCOc1ncccc1C(=O)Nc1cccc2c(S(=O)(=O)CCO)cccc12. The first-order valence-electron chi connectivity index (χ1n) is 8.72. The summed E-state index contributed by atoms with van der Waals surface area (Å²) in [5.74, 6) is -0.544. The second-order valence-corrected chi connectivity index (χ2v) is 8.02. The van der Waals surface area contributed by atoms with Gasteiger partial charge in [0.1, 0.15) is 5.56 Å². The molecule has 0 atom stereocenters. The third kappa shape index (κ3) is 3.97. The minimum Gasteiger partial charge on any atom is -0.477 e. The van der Waals surface area contributed by atoms with Crippen molar-refractivity contribution in [1.29, 1.82) is 0 Å². The first-order valence-corrected chi connectivity index (χ1v) is 10.4. The summed E-state index contributed by atoms with van der Waals surface area (Å²) in [5.41, 5.74) is 0.750. The number of aromatic nitrogens is 1. The lowest BCUT2D eigenvalue weighted by atomic mass is 10.1. The van der Waals surface area contributed by atoms with Crippen LogP contribution < -0.4 is 10.1 Å². The molecule has 0 aliphatic rings. The zero-order valence-electron chi connectivity index (χ0n) is 15.3. The van der Waals surface area contributed by atoms with Crippen molar-refractivity contribution >= 4 is 32.2 Å². The largest absolute Gasteiger partial charge is 0.477 e. The number of benzene rings is 2. The number of aliphatic hydroxyl groups excluding tert-OH is 1. The smallest absolute Gasteiger partial charge is 0.261 e. The van der Waals surface area contributed by atoms with Crippen LogP contribution in [0.25, 0.3) is 10.8 Å². The van der Waals surface area contributed by atoms with Crippen molar-refractivity contribution < 1.29 is 23.1 Å². The molecular formula is C20H20N2O5S. The lowest BCUT2D eigenvalue weighted by Crippen LogP contribution is -2.15. The molecule has 1 amide bonds. The molecule has 3 aromatic rings. The fourth-order valence-electron chi connectivity index (χ4n) is 2.90. The molecule has 0 aliphatic carbocycles. The third-order valence-corrected chi connectivity index (χ3v) is 5.87. The maximum atomic E-state index is 12.8. The zero-order chi connectivity index (χ0) is 20.1. The van der Waals surface area contributed by atoms with Gasteiger partial charge in [0.2, 0.25) is 5.88 Å². The van der Waals surface area contributed by atoms with E-state index in [1.807, 2.05) is 0 Å². The van der Waals surface area contributed by atoms with Crippen LogP contribution >= 0.6 is 0 Å². The molecule has 1 aromatic heterocycles. The van der Waals surface area contributed by atoms with Gasteiger partial charge in [-0.15, -0.1) is 0 Å². The predicted octanol–water partition coefficient (Wildman–Crippen LogP) is 2.65. The summed E-state index contributed by atoms with van der Waals surface area (Å²) in [4.78, 5) is 16.9. The van der Waals surface area contributed by atoms with Crippen molar-refractivity contribution in [2.75, 3.05) is 24.3 Å². The molecule has 7 nitrogen and oxygen atoms in total. The minimum absolute atomic E-state index is 0.117. The summed E-state index contributed by atoms with van der Waals surface area (Å²) in [6.07, 6.45) is 1.54. The average molecular weight is 400 g/mol. The highest BCUT2D eigenvalue weighted by atomic mass is 32.2. The Kier molecular flexibility index (Phi) is 5.91. The third-order valence-electron chi connectivity index (χ3n) is 4.12. The molecule has 0 bridgehead atoms. The van der Waals surface area contributed by atoms with E-state index in [0.29, 0.717) is 23.1 Å². The number of carbonyl (C=O) groups excluding carboxylic acids is 1. The molecule has 2 aromatic carbocycles. The van der Waals surface area contributed by atoms with Gasteiger partial charge in [0.15, 0.2) is 9.84 Å². The van der Waals surface area contributed by atoms with Crippen LogP contribution in [0.15, 0.2) is 59.6 Å². The van der Waals surface area contributed by atoms with Crippen molar-refractivity contribution in [2.24, 2.45) is 0 Å². The van der Waals surface area contributed by atoms with Gasteiger partial charge in [0.05, 0.1) is 23.9 Å². The summed E-state index contributed by atoms with van der Waals surface area (Å²) in [5, 5.41) is 12.9. The van der Waals surface area contributed by atoms with Crippen molar-refractivity contribution in [1.82, 2.24) is 4.98 Å². The normalized spacial score (nSPS) is 11.4. The highest BCUT2D eigenvalue weighted by molar-refractivity contribution is 7.91. The highest BCUT2D eigenvalue weighted by Gasteiger charge is 2.19. The maximum Gasteiger partial charge on any atom is 0.261 e. The van der Waals surface area contributed by atoms with Gasteiger partial charge < -0.3 is 15.2 Å². The number of amides is 1. The van der Waals surface area contributed by atoms with Crippen LogP contribution in [-0.2, 0) is 9.84 Å². The summed E-state index contributed by atoms with van der Waals surface area (Å²) in [6.45, 7) is 1.71. The molecule has 3 rings (SSSR count). The number of hydrogen-bond acceptors (Lipinski definition) is 6. The molecular weight excluding hydrogens is 380 g/mol. The van der Waals surface area contributed by atoms with Crippen LogP contribution in [-0.4, -0.2) is 43.4 Å². The van der Waals surface area contributed by atoms with Gasteiger partial charge in [-0.2, -0.15) is 0 Å². The number of ether oxygens (including phenoxy) is 1. The van der Waals surface area contributed by atoms with Gasteiger partial charge in [-0.3, -0.25) is 4.79 Å². The zero-order valence-corrected chi connectivity index (χ0v) is 16.1. The summed E-state index contributed by atoms with van der Waals surface area (Å²) in [7, 11) is -3.64. The van der Waals surface area contributed by atoms with Gasteiger partial charge in [0.25, 0.3) is 5.91 Å².